The van der Waals surface area contributed by atoms with E-state index in [1.54, 1.807) is 12.3 Å². The van der Waals surface area contributed by atoms with Crippen LogP contribution in [0.15, 0.2) is 35.1 Å². The van der Waals surface area contributed by atoms with Gasteiger partial charge in [0.2, 0.25) is 5.89 Å². The smallest absolute Gasteiger partial charge is 0.229 e. The minimum atomic E-state index is 0.519. The number of oxazole rings is 1. The molecule has 0 aliphatic rings. The second-order valence-corrected chi connectivity index (χ2v) is 2.99. The summed E-state index contributed by atoms with van der Waals surface area (Å²) in [5.74, 6) is 1.15. The van der Waals surface area contributed by atoms with E-state index in [4.69, 9.17) is 14.9 Å². The topological polar surface area (TPSA) is 61.3 Å². The van der Waals surface area contributed by atoms with Crippen molar-refractivity contribution in [2.75, 3.05) is 12.3 Å². The first kappa shape index (κ1) is 9.58. The van der Waals surface area contributed by atoms with Gasteiger partial charge in [-0.2, -0.15) is 0 Å². The van der Waals surface area contributed by atoms with Crippen LogP contribution in [-0.4, -0.2) is 11.6 Å². The van der Waals surface area contributed by atoms with Crippen molar-refractivity contribution in [1.82, 2.24) is 4.98 Å². The summed E-state index contributed by atoms with van der Waals surface area (Å²) >= 11 is 0. The van der Waals surface area contributed by atoms with Crippen LogP contribution < -0.4 is 10.5 Å². The first-order chi connectivity index (χ1) is 7.33. The molecule has 0 bridgehead atoms. The molecule has 1 aromatic carbocycles. The average Bonchev–Trinajstić information content (AvgIpc) is 2.74. The molecule has 0 saturated carbocycles. The molecular weight excluding hydrogens is 192 g/mol. The minimum Gasteiger partial charge on any atom is -0.491 e. The Labute approximate surface area is 87.7 Å². The van der Waals surface area contributed by atoms with E-state index in [1.165, 1.54) is 6.26 Å². The molecule has 4 heteroatoms. The van der Waals surface area contributed by atoms with Gasteiger partial charge in [-0.3, -0.25) is 0 Å². The Hall–Kier alpha value is -1.97. The fourth-order valence-corrected chi connectivity index (χ4v) is 1.39. The molecule has 78 valence electrons. The molecule has 1 heterocycles. The van der Waals surface area contributed by atoms with Gasteiger partial charge in [-0.15, -0.1) is 0 Å². The SMILES string of the molecule is CCOc1c(N)cccc1-c1ncco1. The predicted molar refractivity (Wildman–Crippen MR) is 57.5 cm³/mol. The van der Waals surface area contributed by atoms with E-state index < -0.39 is 0 Å². The highest BCUT2D eigenvalue weighted by molar-refractivity contribution is 5.72. The number of ether oxygens (including phenoxy) is 1. The lowest BCUT2D eigenvalue weighted by atomic mass is 10.1. The lowest BCUT2D eigenvalue weighted by molar-refractivity contribution is 0.342. The number of nitrogens with two attached hydrogens (primary N) is 1. The average molecular weight is 204 g/mol. The van der Waals surface area contributed by atoms with Crippen LogP contribution in [0.2, 0.25) is 0 Å². The molecule has 4 nitrogen and oxygen atoms in total. The van der Waals surface area contributed by atoms with Gasteiger partial charge in [0.05, 0.1) is 24.1 Å². The van der Waals surface area contributed by atoms with Gasteiger partial charge >= 0.3 is 0 Å². The number of hydrogen-bond acceptors (Lipinski definition) is 4. The third-order valence-electron chi connectivity index (χ3n) is 2.00. The molecule has 2 rings (SSSR count). The molecule has 1 aromatic heterocycles. The van der Waals surface area contributed by atoms with Gasteiger partial charge < -0.3 is 14.9 Å². The van der Waals surface area contributed by atoms with Crippen LogP contribution in [0.25, 0.3) is 11.5 Å². The number of anilines is 1. The van der Waals surface area contributed by atoms with Crippen molar-refractivity contribution in [3.05, 3.63) is 30.7 Å². The molecule has 0 aliphatic carbocycles. The fraction of sp³-hybridized carbons (Fsp3) is 0.182. The van der Waals surface area contributed by atoms with Crippen molar-refractivity contribution in [1.29, 1.82) is 0 Å². The van der Waals surface area contributed by atoms with Crippen LogP contribution >= 0.6 is 0 Å². The molecule has 2 aromatic rings. The number of nitrogen functional groups attached to an aromatic ring is 1. The van der Waals surface area contributed by atoms with Crippen molar-refractivity contribution in [2.24, 2.45) is 0 Å². The standard InChI is InChI=1S/C11H12N2O2/c1-2-14-10-8(4-3-5-9(10)12)11-13-6-7-15-11/h3-7H,2,12H2,1H3. The highest BCUT2D eigenvalue weighted by Gasteiger charge is 2.12. The van der Waals surface area contributed by atoms with E-state index in [9.17, 15) is 0 Å². The maximum atomic E-state index is 5.82. The van der Waals surface area contributed by atoms with Crippen molar-refractivity contribution in [3.8, 4) is 17.2 Å². The quantitative estimate of drug-likeness (QED) is 0.779. The van der Waals surface area contributed by atoms with Crippen molar-refractivity contribution < 1.29 is 9.15 Å². The summed E-state index contributed by atoms with van der Waals surface area (Å²) in [4.78, 5) is 4.07. The van der Waals surface area contributed by atoms with E-state index in [0.29, 0.717) is 23.9 Å². The van der Waals surface area contributed by atoms with Gasteiger partial charge in [0, 0.05) is 0 Å². The number of hydrogen-bond donors (Lipinski definition) is 1. The molecule has 0 aliphatic heterocycles. The summed E-state index contributed by atoms with van der Waals surface area (Å²) in [6, 6.07) is 5.50. The van der Waals surface area contributed by atoms with Crippen LogP contribution in [0, 0.1) is 0 Å². The molecular formula is C11H12N2O2. The zero-order valence-electron chi connectivity index (χ0n) is 8.43. The number of para-hydroxylation sites is 1. The predicted octanol–water partition coefficient (Wildman–Crippen LogP) is 2.32. The van der Waals surface area contributed by atoms with E-state index >= 15 is 0 Å². The lowest BCUT2D eigenvalue weighted by Crippen LogP contribution is -1.98. The van der Waals surface area contributed by atoms with Crippen LogP contribution in [-0.2, 0) is 0 Å². The zero-order chi connectivity index (χ0) is 10.7. The molecule has 0 fully saturated rings. The summed E-state index contributed by atoms with van der Waals surface area (Å²) < 4.78 is 10.7. The molecule has 0 saturated heterocycles. The van der Waals surface area contributed by atoms with Gasteiger partial charge in [0.15, 0.2) is 5.75 Å². The lowest BCUT2D eigenvalue weighted by Gasteiger charge is -2.09. The van der Waals surface area contributed by atoms with Crippen molar-refractivity contribution in [2.45, 2.75) is 6.92 Å². The summed E-state index contributed by atoms with van der Waals surface area (Å²) in [7, 11) is 0. The Morgan fingerprint density at radius 3 is 3.00 bits per heavy atom. The maximum absolute atomic E-state index is 5.82. The molecule has 2 N–H and O–H groups in total. The van der Waals surface area contributed by atoms with Crippen molar-refractivity contribution in [3.63, 3.8) is 0 Å². The Balaban J connectivity index is 2.51. The highest BCUT2D eigenvalue weighted by Crippen LogP contribution is 2.33. The Kier molecular flexibility index (Phi) is 2.58. The van der Waals surface area contributed by atoms with E-state index in [0.717, 1.165) is 5.56 Å². The highest BCUT2D eigenvalue weighted by atomic mass is 16.5. The van der Waals surface area contributed by atoms with Gasteiger partial charge in [-0.25, -0.2) is 4.98 Å². The second-order valence-electron chi connectivity index (χ2n) is 2.99. The summed E-state index contributed by atoms with van der Waals surface area (Å²) in [6.45, 7) is 2.47. The molecule has 0 radical (unpaired) electrons. The van der Waals surface area contributed by atoms with Gasteiger partial charge in [0.1, 0.15) is 6.26 Å². The summed E-state index contributed by atoms with van der Waals surface area (Å²) in [6.07, 6.45) is 3.11. The Bertz CT molecular complexity index is 438. The molecule has 0 unspecified atom stereocenters. The molecule has 15 heavy (non-hydrogen) atoms. The van der Waals surface area contributed by atoms with E-state index in [2.05, 4.69) is 4.98 Å². The molecule has 0 atom stereocenters. The first-order valence-corrected chi connectivity index (χ1v) is 4.74. The number of aromatic nitrogens is 1. The van der Waals surface area contributed by atoms with Gasteiger partial charge in [-0.05, 0) is 19.1 Å². The minimum absolute atomic E-state index is 0.519. The van der Waals surface area contributed by atoms with E-state index in [-0.39, 0.29) is 0 Å². The fourth-order valence-electron chi connectivity index (χ4n) is 1.39. The third-order valence-corrected chi connectivity index (χ3v) is 2.00. The van der Waals surface area contributed by atoms with Crippen LogP contribution in [0.4, 0.5) is 5.69 Å². The third kappa shape index (κ3) is 1.79. The maximum Gasteiger partial charge on any atom is 0.229 e. The monoisotopic (exact) mass is 204 g/mol. The number of benzene rings is 1. The first-order valence-electron chi connectivity index (χ1n) is 4.74. The van der Waals surface area contributed by atoms with Crippen LogP contribution in [0.1, 0.15) is 6.92 Å². The normalized spacial score (nSPS) is 10.2. The van der Waals surface area contributed by atoms with Crippen molar-refractivity contribution >= 4 is 5.69 Å². The Morgan fingerprint density at radius 1 is 1.47 bits per heavy atom. The van der Waals surface area contributed by atoms with Crippen LogP contribution in [0.5, 0.6) is 5.75 Å². The number of nitrogens with zero attached hydrogens (tertiary/aromatic N) is 1. The molecule has 0 amide bonds. The van der Waals surface area contributed by atoms with E-state index in [1.807, 2.05) is 19.1 Å². The van der Waals surface area contributed by atoms with Crippen LogP contribution in [0.3, 0.4) is 0 Å². The Morgan fingerprint density at radius 2 is 2.33 bits per heavy atom. The van der Waals surface area contributed by atoms with Gasteiger partial charge in [-0.1, -0.05) is 6.07 Å². The zero-order valence-corrected chi connectivity index (χ0v) is 8.43. The van der Waals surface area contributed by atoms with Gasteiger partial charge in [0.25, 0.3) is 0 Å². The summed E-state index contributed by atoms with van der Waals surface area (Å²) in [5.41, 5.74) is 7.19. The molecule has 0 spiro atoms. The summed E-state index contributed by atoms with van der Waals surface area (Å²) in [5, 5.41) is 0. The second kappa shape index (κ2) is 4.04. The largest absolute Gasteiger partial charge is 0.491 e. The number of rotatable bonds is 3.